The summed E-state index contributed by atoms with van der Waals surface area (Å²) in [5, 5.41) is 3.47. The lowest BCUT2D eigenvalue weighted by atomic mass is 9.92. The van der Waals surface area contributed by atoms with Gasteiger partial charge in [0.2, 0.25) is 0 Å². The normalized spacial score (nSPS) is 35.0. The van der Waals surface area contributed by atoms with E-state index in [0.29, 0.717) is 0 Å². The fraction of sp³-hybridized carbons (Fsp3) is 0.500. The van der Waals surface area contributed by atoms with Crippen molar-refractivity contribution in [1.82, 2.24) is 5.32 Å². The predicted molar refractivity (Wildman–Crippen MR) is 54.0 cm³/mol. The second kappa shape index (κ2) is 2.58. The highest BCUT2D eigenvalue weighted by atomic mass is 14.9. The van der Waals surface area contributed by atoms with Crippen molar-refractivity contribution in [3.8, 4) is 0 Å². The average molecular weight is 173 g/mol. The van der Waals surface area contributed by atoms with Crippen LogP contribution in [-0.2, 0) is 0 Å². The van der Waals surface area contributed by atoms with E-state index in [1.165, 1.54) is 12.8 Å². The summed E-state index contributed by atoms with van der Waals surface area (Å²) in [6.45, 7) is 0. The molecular formula is C12H15N. The maximum atomic E-state index is 3.47. The molecule has 2 atom stereocenters. The first kappa shape index (κ1) is 7.57. The van der Waals surface area contributed by atoms with E-state index in [2.05, 4.69) is 36.6 Å². The molecule has 1 aromatic rings. The number of nitrogens with one attached hydrogen (secondary N) is 1. The molecule has 13 heavy (non-hydrogen) atoms. The summed E-state index contributed by atoms with van der Waals surface area (Å²) in [7, 11) is 2.10. The molecule has 1 heteroatoms. The lowest BCUT2D eigenvalue weighted by Gasteiger charge is -2.13. The van der Waals surface area contributed by atoms with Crippen LogP contribution in [0.2, 0.25) is 0 Å². The molecular weight excluding hydrogens is 158 g/mol. The molecule has 0 spiro atoms. The van der Waals surface area contributed by atoms with E-state index >= 15 is 0 Å². The number of benzene rings is 1. The Bertz CT molecular complexity index is 301. The van der Waals surface area contributed by atoms with Gasteiger partial charge >= 0.3 is 0 Å². The van der Waals surface area contributed by atoms with Crippen LogP contribution in [0.25, 0.3) is 0 Å². The predicted octanol–water partition coefficient (Wildman–Crippen LogP) is 2.25. The summed E-state index contributed by atoms with van der Waals surface area (Å²) >= 11 is 0. The van der Waals surface area contributed by atoms with Gasteiger partial charge < -0.3 is 5.32 Å². The Hall–Kier alpha value is -0.820. The highest BCUT2D eigenvalue weighted by molar-refractivity contribution is 5.44. The Balaban J connectivity index is 2.12. The van der Waals surface area contributed by atoms with Gasteiger partial charge in [-0.15, -0.1) is 0 Å². The van der Waals surface area contributed by atoms with Gasteiger partial charge in [0.05, 0.1) is 0 Å². The third-order valence-corrected chi connectivity index (χ3v) is 3.78. The fourth-order valence-corrected chi connectivity index (χ4v) is 3.29. The number of hydrogen-bond acceptors (Lipinski definition) is 1. The molecule has 2 aliphatic rings. The Labute approximate surface area is 79.2 Å². The van der Waals surface area contributed by atoms with Crippen LogP contribution in [0.4, 0.5) is 0 Å². The molecule has 68 valence electrons. The SMILES string of the molecule is CNC1[C@@H]2CC[C@@H]1c1ccccc12. The van der Waals surface area contributed by atoms with Crippen molar-refractivity contribution in [2.45, 2.75) is 30.7 Å². The van der Waals surface area contributed by atoms with Gasteiger partial charge in [0.1, 0.15) is 0 Å². The molecule has 2 bridgehead atoms. The van der Waals surface area contributed by atoms with Gasteiger partial charge in [-0.2, -0.15) is 0 Å². The topological polar surface area (TPSA) is 12.0 Å². The molecule has 1 aromatic carbocycles. The second-order valence-corrected chi connectivity index (χ2v) is 4.23. The number of hydrogen-bond donors (Lipinski definition) is 1. The molecule has 0 unspecified atom stereocenters. The van der Waals surface area contributed by atoms with E-state index in [-0.39, 0.29) is 0 Å². The van der Waals surface area contributed by atoms with E-state index < -0.39 is 0 Å². The minimum atomic E-state index is 0.720. The van der Waals surface area contributed by atoms with E-state index in [4.69, 9.17) is 0 Å². The maximum Gasteiger partial charge on any atom is 0.0202 e. The summed E-state index contributed by atoms with van der Waals surface area (Å²) in [6, 6.07) is 9.68. The molecule has 2 aliphatic carbocycles. The Morgan fingerprint density at radius 2 is 1.62 bits per heavy atom. The third kappa shape index (κ3) is 0.856. The first-order valence-corrected chi connectivity index (χ1v) is 5.18. The lowest BCUT2D eigenvalue weighted by molar-refractivity contribution is 0.520. The minimum absolute atomic E-state index is 0.720. The lowest BCUT2D eigenvalue weighted by Crippen LogP contribution is -2.27. The van der Waals surface area contributed by atoms with Crippen molar-refractivity contribution < 1.29 is 0 Å². The first-order chi connectivity index (χ1) is 6.42. The molecule has 0 aromatic heterocycles. The monoisotopic (exact) mass is 173 g/mol. The zero-order chi connectivity index (χ0) is 8.84. The zero-order valence-corrected chi connectivity index (χ0v) is 7.96. The van der Waals surface area contributed by atoms with Crippen LogP contribution in [0.3, 0.4) is 0 Å². The maximum absolute atomic E-state index is 3.47. The molecule has 0 heterocycles. The number of rotatable bonds is 1. The Kier molecular flexibility index (Phi) is 1.50. The van der Waals surface area contributed by atoms with Gasteiger partial charge in [-0.1, -0.05) is 24.3 Å². The molecule has 1 N–H and O–H groups in total. The highest BCUT2D eigenvalue weighted by Crippen LogP contribution is 2.52. The van der Waals surface area contributed by atoms with Gasteiger partial charge in [-0.3, -0.25) is 0 Å². The van der Waals surface area contributed by atoms with Gasteiger partial charge in [-0.25, -0.2) is 0 Å². The summed E-state index contributed by atoms with van der Waals surface area (Å²) in [6.07, 6.45) is 2.76. The van der Waals surface area contributed by atoms with Crippen LogP contribution in [-0.4, -0.2) is 13.1 Å². The van der Waals surface area contributed by atoms with Crippen molar-refractivity contribution in [2.75, 3.05) is 7.05 Å². The van der Waals surface area contributed by atoms with Crippen molar-refractivity contribution in [3.63, 3.8) is 0 Å². The van der Waals surface area contributed by atoms with E-state index in [1.54, 1.807) is 11.1 Å². The zero-order valence-electron chi connectivity index (χ0n) is 7.96. The van der Waals surface area contributed by atoms with Crippen LogP contribution in [0.1, 0.15) is 35.8 Å². The third-order valence-electron chi connectivity index (χ3n) is 3.78. The van der Waals surface area contributed by atoms with Gasteiger partial charge in [-0.05, 0) is 31.0 Å². The number of likely N-dealkylation sites (N-methyl/N-ethyl adjacent to an activating group) is 1. The smallest absolute Gasteiger partial charge is 0.0202 e. The quantitative estimate of drug-likeness (QED) is 0.687. The highest BCUT2D eigenvalue weighted by Gasteiger charge is 2.44. The van der Waals surface area contributed by atoms with Crippen LogP contribution >= 0.6 is 0 Å². The van der Waals surface area contributed by atoms with Crippen molar-refractivity contribution >= 4 is 0 Å². The minimum Gasteiger partial charge on any atom is -0.316 e. The molecule has 0 aliphatic heterocycles. The fourth-order valence-electron chi connectivity index (χ4n) is 3.29. The Morgan fingerprint density at radius 1 is 1.08 bits per heavy atom. The van der Waals surface area contributed by atoms with Crippen molar-refractivity contribution in [2.24, 2.45) is 0 Å². The van der Waals surface area contributed by atoms with Gasteiger partial charge in [0.25, 0.3) is 0 Å². The van der Waals surface area contributed by atoms with Crippen LogP contribution in [0.15, 0.2) is 24.3 Å². The standard InChI is InChI=1S/C12H15N/c1-13-12-10-6-7-11(12)9-5-3-2-4-8(9)10/h2-5,10-13H,6-7H2,1H3/t10-,11-/m1/s1. The second-order valence-electron chi connectivity index (χ2n) is 4.23. The summed E-state index contributed by atoms with van der Waals surface area (Å²) < 4.78 is 0. The van der Waals surface area contributed by atoms with E-state index in [1.807, 2.05) is 0 Å². The van der Waals surface area contributed by atoms with Crippen LogP contribution in [0.5, 0.6) is 0 Å². The molecule has 0 amide bonds. The summed E-state index contributed by atoms with van der Waals surface area (Å²) in [5.41, 5.74) is 3.22. The largest absolute Gasteiger partial charge is 0.316 e. The van der Waals surface area contributed by atoms with Crippen molar-refractivity contribution in [3.05, 3.63) is 35.4 Å². The number of fused-ring (bicyclic) bond motifs is 5. The summed E-state index contributed by atoms with van der Waals surface area (Å²) in [4.78, 5) is 0. The van der Waals surface area contributed by atoms with Crippen LogP contribution in [0, 0.1) is 0 Å². The molecule has 0 radical (unpaired) electrons. The molecule has 3 rings (SSSR count). The molecule has 1 saturated carbocycles. The summed E-state index contributed by atoms with van der Waals surface area (Å²) in [5.74, 6) is 1.59. The molecule has 1 fully saturated rings. The van der Waals surface area contributed by atoms with E-state index in [9.17, 15) is 0 Å². The van der Waals surface area contributed by atoms with E-state index in [0.717, 1.165) is 17.9 Å². The first-order valence-electron chi connectivity index (χ1n) is 5.18. The molecule has 0 saturated heterocycles. The Morgan fingerprint density at radius 3 is 2.08 bits per heavy atom. The average Bonchev–Trinajstić information content (AvgIpc) is 2.73. The van der Waals surface area contributed by atoms with Crippen LogP contribution < -0.4 is 5.32 Å². The van der Waals surface area contributed by atoms with Gasteiger partial charge in [0, 0.05) is 17.9 Å². The van der Waals surface area contributed by atoms with Crippen molar-refractivity contribution in [1.29, 1.82) is 0 Å². The van der Waals surface area contributed by atoms with Gasteiger partial charge in [0.15, 0.2) is 0 Å². The molecule has 1 nitrogen and oxygen atoms in total.